The van der Waals surface area contributed by atoms with Gasteiger partial charge in [0, 0.05) is 25.3 Å². The molecule has 1 aliphatic heterocycles. The Morgan fingerprint density at radius 1 is 1.19 bits per heavy atom. The van der Waals surface area contributed by atoms with Crippen molar-refractivity contribution in [2.24, 2.45) is 5.92 Å². The number of carbonyl (C=O) groups is 2. The van der Waals surface area contributed by atoms with Crippen LogP contribution in [-0.4, -0.2) is 48.8 Å². The van der Waals surface area contributed by atoms with E-state index in [9.17, 15) is 14.7 Å². The van der Waals surface area contributed by atoms with Gasteiger partial charge in [-0.3, -0.25) is 4.79 Å². The lowest BCUT2D eigenvalue weighted by Gasteiger charge is -2.29. The first-order chi connectivity index (χ1) is 12.6. The third kappa shape index (κ3) is 4.75. The fourth-order valence-electron chi connectivity index (χ4n) is 3.79. The molecule has 2 aliphatic rings. The van der Waals surface area contributed by atoms with Crippen LogP contribution in [0.15, 0.2) is 30.3 Å². The summed E-state index contributed by atoms with van der Waals surface area (Å²) in [6.45, 7) is 2.14. The van der Waals surface area contributed by atoms with Crippen LogP contribution in [0.1, 0.15) is 38.5 Å². The van der Waals surface area contributed by atoms with E-state index in [1.807, 2.05) is 18.2 Å². The lowest BCUT2D eigenvalue weighted by molar-refractivity contribution is -0.170. The first-order valence-corrected chi connectivity index (χ1v) is 9.53. The molecule has 3 rings (SSSR count). The molecule has 0 radical (unpaired) electrons. The Labute approximate surface area is 154 Å². The largest absolute Gasteiger partial charge is 0.453 e. The average molecular weight is 360 g/mol. The summed E-state index contributed by atoms with van der Waals surface area (Å²) >= 11 is 0. The second-order valence-electron chi connectivity index (χ2n) is 7.41. The highest BCUT2D eigenvalue weighted by Gasteiger charge is 2.38. The molecule has 142 valence electrons. The Morgan fingerprint density at radius 3 is 2.65 bits per heavy atom. The summed E-state index contributed by atoms with van der Waals surface area (Å²) in [5.41, 5.74) is -0.198. The smallest absolute Gasteiger partial charge is 0.338 e. The van der Waals surface area contributed by atoms with Crippen LogP contribution in [0.2, 0.25) is 0 Å². The van der Waals surface area contributed by atoms with Gasteiger partial charge in [-0.25, -0.2) is 4.79 Å². The maximum Gasteiger partial charge on any atom is 0.338 e. The molecule has 0 spiro atoms. The number of hydrogen-bond acceptors (Lipinski definition) is 5. The number of carbonyl (C=O) groups excluding carboxylic acids is 2. The number of aliphatic hydroxyl groups is 1. The average Bonchev–Trinajstić information content (AvgIpc) is 3.15. The van der Waals surface area contributed by atoms with Gasteiger partial charge in [0.25, 0.3) is 5.91 Å². The zero-order valence-electron chi connectivity index (χ0n) is 15.2. The molecule has 1 aromatic rings. The first-order valence-electron chi connectivity index (χ1n) is 9.53. The van der Waals surface area contributed by atoms with E-state index in [0.29, 0.717) is 25.3 Å². The van der Waals surface area contributed by atoms with Gasteiger partial charge in [0.05, 0.1) is 0 Å². The third-order valence-corrected chi connectivity index (χ3v) is 5.39. The van der Waals surface area contributed by atoms with Crippen LogP contribution in [0.3, 0.4) is 0 Å². The summed E-state index contributed by atoms with van der Waals surface area (Å²) in [7, 11) is 0. The summed E-state index contributed by atoms with van der Waals surface area (Å²) in [4.78, 5) is 26.3. The molecule has 1 aromatic carbocycles. The molecule has 1 atom stereocenters. The molecule has 26 heavy (non-hydrogen) atoms. The summed E-state index contributed by atoms with van der Waals surface area (Å²) in [6.07, 6.45) is 4.52. The van der Waals surface area contributed by atoms with Gasteiger partial charge in [-0.15, -0.1) is 0 Å². The molecule has 0 bridgehead atoms. The van der Waals surface area contributed by atoms with Gasteiger partial charge in [-0.1, -0.05) is 24.6 Å². The van der Waals surface area contributed by atoms with E-state index in [0.717, 1.165) is 38.8 Å². The topological polar surface area (TPSA) is 78.9 Å². The van der Waals surface area contributed by atoms with E-state index in [4.69, 9.17) is 4.74 Å². The second kappa shape index (κ2) is 8.54. The molecule has 6 heteroatoms. The number of anilines is 1. The number of hydrogen-bond donors (Lipinski definition) is 2. The summed E-state index contributed by atoms with van der Waals surface area (Å²) in [5.74, 6) is -0.586. The Balaban J connectivity index is 1.36. The fourth-order valence-corrected chi connectivity index (χ4v) is 3.79. The van der Waals surface area contributed by atoms with Crippen LogP contribution in [0.5, 0.6) is 0 Å². The lowest BCUT2D eigenvalue weighted by atomic mass is 9.85. The Morgan fingerprint density at radius 2 is 1.92 bits per heavy atom. The van der Waals surface area contributed by atoms with Crippen molar-refractivity contribution in [1.29, 1.82) is 0 Å². The predicted octanol–water partition coefficient (Wildman–Crippen LogP) is 1.87. The van der Waals surface area contributed by atoms with Crippen LogP contribution in [0.4, 0.5) is 5.69 Å². The zero-order valence-corrected chi connectivity index (χ0v) is 15.2. The summed E-state index contributed by atoms with van der Waals surface area (Å²) < 4.78 is 5.04. The molecule has 1 saturated heterocycles. The van der Waals surface area contributed by atoms with Crippen LogP contribution < -0.4 is 10.2 Å². The third-order valence-electron chi connectivity index (χ3n) is 5.39. The molecular weight excluding hydrogens is 332 g/mol. The zero-order chi connectivity index (χ0) is 18.4. The highest BCUT2D eigenvalue weighted by Crippen LogP contribution is 2.29. The van der Waals surface area contributed by atoms with E-state index < -0.39 is 11.6 Å². The molecule has 1 aliphatic carbocycles. The van der Waals surface area contributed by atoms with Crippen molar-refractivity contribution in [3.63, 3.8) is 0 Å². The standard InChI is InChI=1S/C20H28N2O4/c23-18(15-26-19(24)20(25)10-5-2-6-11-20)21-13-16-9-12-22(14-16)17-7-3-1-4-8-17/h1,3-4,7-8,16,25H,2,5-6,9-15H2,(H,21,23)/t16-/m1/s1. The van der Waals surface area contributed by atoms with E-state index >= 15 is 0 Å². The number of ether oxygens (including phenoxy) is 1. The second-order valence-corrected chi connectivity index (χ2v) is 7.41. The van der Waals surface area contributed by atoms with Gasteiger partial charge in [-0.2, -0.15) is 0 Å². The number of nitrogens with zero attached hydrogens (tertiary/aromatic N) is 1. The van der Waals surface area contributed by atoms with Crippen molar-refractivity contribution in [3.8, 4) is 0 Å². The molecule has 2 N–H and O–H groups in total. The fraction of sp³-hybridized carbons (Fsp3) is 0.600. The van der Waals surface area contributed by atoms with Crippen LogP contribution >= 0.6 is 0 Å². The van der Waals surface area contributed by atoms with Crippen molar-refractivity contribution >= 4 is 17.6 Å². The molecule has 1 saturated carbocycles. The number of esters is 1. The van der Waals surface area contributed by atoms with Gasteiger partial charge in [0.15, 0.2) is 12.2 Å². The van der Waals surface area contributed by atoms with Gasteiger partial charge < -0.3 is 20.1 Å². The van der Waals surface area contributed by atoms with Crippen molar-refractivity contribution in [1.82, 2.24) is 5.32 Å². The van der Waals surface area contributed by atoms with E-state index in [-0.39, 0.29) is 12.5 Å². The molecule has 6 nitrogen and oxygen atoms in total. The number of para-hydroxylation sites is 1. The SMILES string of the molecule is O=C(COC(=O)C1(O)CCCCC1)NC[C@H]1CCN(c2ccccc2)C1. The minimum absolute atomic E-state index is 0.309. The van der Waals surface area contributed by atoms with Crippen molar-refractivity contribution < 1.29 is 19.4 Å². The van der Waals surface area contributed by atoms with Gasteiger partial charge >= 0.3 is 5.97 Å². The molecule has 1 amide bonds. The highest BCUT2D eigenvalue weighted by molar-refractivity contribution is 5.84. The summed E-state index contributed by atoms with van der Waals surface area (Å²) in [6, 6.07) is 10.2. The Bertz CT molecular complexity index is 613. The molecule has 1 heterocycles. The number of benzene rings is 1. The van der Waals surface area contributed by atoms with Crippen molar-refractivity contribution in [3.05, 3.63) is 30.3 Å². The maximum atomic E-state index is 12.0. The van der Waals surface area contributed by atoms with Gasteiger partial charge in [0.2, 0.25) is 0 Å². The van der Waals surface area contributed by atoms with Crippen LogP contribution in [0, 0.1) is 5.92 Å². The van der Waals surface area contributed by atoms with Crippen LogP contribution in [-0.2, 0) is 14.3 Å². The van der Waals surface area contributed by atoms with E-state index in [1.54, 1.807) is 0 Å². The van der Waals surface area contributed by atoms with Crippen molar-refractivity contribution in [2.75, 3.05) is 31.1 Å². The molecular formula is C20H28N2O4. The number of rotatable bonds is 6. The summed E-state index contributed by atoms with van der Waals surface area (Å²) in [5, 5.41) is 13.1. The predicted molar refractivity (Wildman–Crippen MR) is 98.8 cm³/mol. The number of nitrogens with one attached hydrogen (secondary N) is 1. The van der Waals surface area contributed by atoms with E-state index in [2.05, 4.69) is 22.3 Å². The normalized spacial score (nSPS) is 22.0. The highest BCUT2D eigenvalue weighted by atomic mass is 16.6. The molecule has 2 fully saturated rings. The van der Waals surface area contributed by atoms with Crippen molar-refractivity contribution in [2.45, 2.75) is 44.1 Å². The Kier molecular flexibility index (Phi) is 6.14. The molecule has 0 unspecified atom stereocenters. The van der Waals surface area contributed by atoms with Crippen LogP contribution in [0.25, 0.3) is 0 Å². The monoisotopic (exact) mass is 360 g/mol. The van der Waals surface area contributed by atoms with Gasteiger partial charge in [0.1, 0.15) is 0 Å². The minimum Gasteiger partial charge on any atom is -0.453 e. The Hall–Kier alpha value is -2.08. The lowest BCUT2D eigenvalue weighted by Crippen LogP contribution is -2.43. The minimum atomic E-state index is -1.40. The van der Waals surface area contributed by atoms with Gasteiger partial charge in [-0.05, 0) is 50.2 Å². The first kappa shape index (κ1) is 18.7. The number of amides is 1. The molecule has 0 aromatic heterocycles. The maximum absolute atomic E-state index is 12.0. The quantitative estimate of drug-likeness (QED) is 0.757. The van der Waals surface area contributed by atoms with E-state index in [1.165, 1.54) is 5.69 Å².